The van der Waals surface area contributed by atoms with Gasteiger partial charge in [0.05, 0.1) is 6.10 Å². The quantitative estimate of drug-likeness (QED) is 0.193. The van der Waals surface area contributed by atoms with Crippen molar-refractivity contribution in [2.45, 2.75) is 84.7 Å². The van der Waals surface area contributed by atoms with E-state index in [0.717, 1.165) is 0 Å². The molecule has 0 aliphatic heterocycles. The Morgan fingerprint density at radius 2 is 1.71 bits per heavy atom. The summed E-state index contributed by atoms with van der Waals surface area (Å²) in [4.78, 5) is 11.8. The van der Waals surface area contributed by atoms with Gasteiger partial charge in [-0.3, -0.25) is 0 Å². The van der Waals surface area contributed by atoms with Gasteiger partial charge in [0.1, 0.15) is 5.60 Å². The molecule has 5 heteroatoms. The zero-order chi connectivity index (χ0) is 19.2. The summed E-state index contributed by atoms with van der Waals surface area (Å²) in [5.41, 5.74) is -0.463. The lowest BCUT2D eigenvalue weighted by molar-refractivity contribution is -0.148. The fourth-order valence-electron chi connectivity index (χ4n) is 1.80. The Morgan fingerprint density at radius 3 is 2.12 bits per heavy atom. The second-order valence-electron chi connectivity index (χ2n) is 8.77. The Morgan fingerprint density at radius 1 is 1.17 bits per heavy atom. The highest BCUT2D eigenvalue weighted by Crippen LogP contribution is 2.38. The van der Waals surface area contributed by atoms with Crippen LogP contribution in [-0.2, 0) is 14.0 Å². The van der Waals surface area contributed by atoms with Gasteiger partial charge in [0.15, 0.2) is 8.32 Å². The van der Waals surface area contributed by atoms with Crippen molar-refractivity contribution in [3.63, 3.8) is 0 Å². The number of ether oxygens (including phenoxy) is 1. The van der Waals surface area contributed by atoms with Crippen molar-refractivity contribution in [1.82, 2.24) is 0 Å². The van der Waals surface area contributed by atoms with Crippen molar-refractivity contribution in [1.29, 1.82) is 0 Å². The van der Waals surface area contributed by atoms with Gasteiger partial charge < -0.3 is 9.16 Å². The Kier molecular flexibility index (Phi) is 9.47. The van der Waals surface area contributed by atoms with E-state index < -0.39 is 13.9 Å². The van der Waals surface area contributed by atoms with Crippen LogP contribution in [-0.4, -0.2) is 26.0 Å². The molecule has 0 N–H and O–H groups in total. The molecule has 0 heterocycles. The molecule has 0 aromatic carbocycles. The van der Waals surface area contributed by atoms with E-state index in [2.05, 4.69) is 69.5 Å². The molecule has 0 amide bonds. The fourth-order valence-corrected chi connectivity index (χ4v) is 3.87. The second kappa shape index (κ2) is 9.53. The summed E-state index contributed by atoms with van der Waals surface area (Å²) in [6.45, 7) is 19.0. The van der Waals surface area contributed by atoms with Crippen molar-refractivity contribution in [2.24, 2.45) is 5.92 Å². The van der Waals surface area contributed by atoms with Crippen LogP contribution in [0.5, 0.6) is 0 Å². The van der Waals surface area contributed by atoms with Crippen LogP contribution < -0.4 is 0 Å². The monoisotopic (exact) mass is 466 g/mol. The molecule has 3 nitrogen and oxygen atoms in total. The van der Waals surface area contributed by atoms with Crippen LogP contribution >= 0.6 is 22.6 Å². The lowest BCUT2D eigenvalue weighted by Gasteiger charge is -2.40. The van der Waals surface area contributed by atoms with Gasteiger partial charge in [-0.25, -0.2) is 4.79 Å². The van der Waals surface area contributed by atoms with Gasteiger partial charge in [-0.15, -0.1) is 0 Å². The summed E-state index contributed by atoms with van der Waals surface area (Å²) < 4.78 is 13.9. The van der Waals surface area contributed by atoms with Gasteiger partial charge in [0.2, 0.25) is 0 Å². The second-order valence-corrected chi connectivity index (χ2v) is 14.2. The molecule has 0 fully saturated rings. The van der Waals surface area contributed by atoms with E-state index in [9.17, 15) is 4.79 Å². The van der Waals surface area contributed by atoms with E-state index in [1.807, 2.05) is 30.9 Å². The van der Waals surface area contributed by atoms with Gasteiger partial charge in [-0.2, -0.15) is 0 Å². The summed E-state index contributed by atoms with van der Waals surface area (Å²) in [7, 11) is -1.86. The molecule has 0 aliphatic rings. The molecule has 2 atom stereocenters. The van der Waals surface area contributed by atoms with Gasteiger partial charge in [0, 0.05) is 12.0 Å². The number of esters is 1. The van der Waals surface area contributed by atoms with E-state index in [4.69, 9.17) is 9.16 Å². The molecule has 0 saturated carbocycles. The molecule has 0 saturated heterocycles. The van der Waals surface area contributed by atoms with Crippen molar-refractivity contribution >= 4 is 36.9 Å². The normalized spacial score (nSPS) is 16.6. The van der Waals surface area contributed by atoms with Crippen molar-refractivity contribution in [3.05, 3.63) is 22.3 Å². The molecule has 140 valence electrons. The third kappa shape index (κ3) is 9.37. The summed E-state index contributed by atoms with van der Waals surface area (Å²) in [5, 5.41) is 0.161. The van der Waals surface area contributed by atoms with E-state index in [1.165, 1.54) is 6.08 Å². The standard InChI is InChI=1S/C19H35IO3Si/c1-15(13-14-20)16(23-24(8,9)19(5,6)7)11-10-12-17(21)22-18(2,3)4/h10,12-16H,11H2,1-9H3/b12-10+,14-13+/t15-,16+/m1/s1. The largest absolute Gasteiger partial charge is 0.457 e. The number of rotatable bonds is 7. The average Bonchev–Trinajstić information content (AvgIpc) is 2.34. The summed E-state index contributed by atoms with van der Waals surface area (Å²) in [6.07, 6.45) is 6.32. The number of carbonyl (C=O) groups excluding carboxylic acids is 1. The minimum absolute atomic E-state index is 0.0654. The summed E-state index contributed by atoms with van der Waals surface area (Å²) >= 11 is 2.24. The smallest absolute Gasteiger partial charge is 0.330 e. The zero-order valence-corrected chi connectivity index (χ0v) is 19.9. The predicted octanol–water partition coefficient (Wildman–Crippen LogP) is 6.25. The first kappa shape index (κ1) is 23.9. The van der Waals surface area contributed by atoms with Gasteiger partial charge in [-0.05, 0) is 49.4 Å². The van der Waals surface area contributed by atoms with Gasteiger partial charge >= 0.3 is 5.97 Å². The number of hydrogen-bond donors (Lipinski definition) is 0. The topological polar surface area (TPSA) is 35.5 Å². The lowest BCUT2D eigenvalue weighted by Crippen LogP contribution is -2.45. The first-order chi connectivity index (χ1) is 10.7. The Balaban J connectivity index is 5.02. The molecule has 0 aliphatic carbocycles. The summed E-state index contributed by atoms with van der Waals surface area (Å²) in [6, 6.07) is 0. The van der Waals surface area contributed by atoms with E-state index in [-0.39, 0.29) is 17.1 Å². The Labute approximate surface area is 163 Å². The van der Waals surface area contributed by atoms with Crippen molar-refractivity contribution in [2.75, 3.05) is 0 Å². The molecule has 0 aromatic heterocycles. The third-order valence-corrected chi connectivity index (χ3v) is 9.16. The molecule has 0 spiro atoms. The lowest BCUT2D eigenvalue weighted by atomic mass is 10.0. The molecule has 24 heavy (non-hydrogen) atoms. The third-order valence-electron chi connectivity index (χ3n) is 4.24. The van der Waals surface area contributed by atoms with Gasteiger partial charge in [0.25, 0.3) is 0 Å². The highest BCUT2D eigenvalue weighted by Gasteiger charge is 2.39. The molecule has 0 bridgehead atoms. The Hall–Kier alpha value is -0.143. The van der Waals surface area contributed by atoms with Crippen LogP contribution in [0.4, 0.5) is 0 Å². The van der Waals surface area contributed by atoms with E-state index >= 15 is 0 Å². The maximum atomic E-state index is 11.8. The van der Waals surface area contributed by atoms with Crippen molar-refractivity contribution < 1.29 is 14.0 Å². The minimum atomic E-state index is -1.86. The van der Waals surface area contributed by atoms with Crippen LogP contribution in [0.1, 0.15) is 54.9 Å². The predicted molar refractivity (Wildman–Crippen MR) is 114 cm³/mol. The highest BCUT2D eigenvalue weighted by molar-refractivity contribution is 14.1. The van der Waals surface area contributed by atoms with E-state index in [1.54, 1.807) is 0 Å². The summed E-state index contributed by atoms with van der Waals surface area (Å²) in [5.74, 6) is -0.00928. The number of hydrogen-bond acceptors (Lipinski definition) is 3. The first-order valence-corrected chi connectivity index (χ1v) is 12.7. The average molecular weight is 466 g/mol. The maximum Gasteiger partial charge on any atom is 0.330 e. The van der Waals surface area contributed by atoms with E-state index in [0.29, 0.717) is 12.3 Å². The minimum Gasteiger partial charge on any atom is -0.457 e. The van der Waals surface area contributed by atoms with Crippen LogP contribution in [0.3, 0.4) is 0 Å². The molecule has 0 rings (SSSR count). The molecule has 0 radical (unpaired) electrons. The van der Waals surface area contributed by atoms with Crippen LogP contribution in [0, 0.1) is 5.92 Å². The fraction of sp³-hybridized carbons (Fsp3) is 0.737. The molecule has 0 unspecified atom stereocenters. The highest BCUT2D eigenvalue weighted by atomic mass is 127. The van der Waals surface area contributed by atoms with Crippen LogP contribution in [0.15, 0.2) is 22.3 Å². The number of halogens is 1. The maximum absolute atomic E-state index is 11.8. The van der Waals surface area contributed by atoms with Crippen LogP contribution in [0.25, 0.3) is 0 Å². The Bertz CT molecular complexity index is 456. The molecular formula is C19H35IO3Si. The molecular weight excluding hydrogens is 431 g/mol. The first-order valence-electron chi connectivity index (χ1n) is 8.54. The number of carbonyl (C=O) groups is 1. The zero-order valence-electron chi connectivity index (χ0n) is 16.8. The van der Waals surface area contributed by atoms with Crippen LogP contribution in [0.2, 0.25) is 18.1 Å². The SMILES string of the molecule is C[C@H](/C=C/I)[C@H](C/C=C/C(=O)OC(C)(C)C)O[Si](C)(C)C(C)(C)C. The molecule has 0 aromatic rings. The van der Waals surface area contributed by atoms with Gasteiger partial charge in [-0.1, -0.05) is 62.4 Å². The van der Waals surface area contributed by atoms with Crippen molar-refractivity contribution in [3.8, 4) is 0 Å².